The summed E-state index contributed by atoms with van der Waals surface area (Å²) < 4.78 is 13.2. The van der Waals surface area contributed by atoms with Crippen molar-refractivity contribution in [3.63, 3.8) is 0 Å². The van der Waals surface area contributed by atoms with Crippen LogP contribution < -0.4 is 5.32 Å². The van der Waals surface area contributed by atoms with Gasteiger partial charge < -0.3 is 5.32 Å². The van der Waals surface area contributed by atoms with Crippen LogP contribution >= 0.6 is 11.6 Å². The minimum atomic E-state index is -0.360. The van der Waals surface area contributed by atoms with Crippen molar-refractivity contribution < 1.29 is 4.39 Å². The van der Waals surface area contributed by atoms with Gasteiger partial charge in [-0.1, -0.05) is 47.5 Å². The lowest BCUT2D eigenvalue weighted by Crippen LogP contribution is -2.28. The molecular formula is C18H21ClFN. The van der Waals surface area contributed by atoms with Crippen LogP contribution in [0, 0.1) is 12.7 Å². The highest BCUT2D eigenvalue weighted by Gasteiger charge is 2.09. The zero-order valence-electron chi connectivity index (χ0n) is 12.5. The van der Waals surface area contributed by atoms with E-state index in [0.717, 1.165) is 24.8 Å². The summed E-state index contributed by atoms with van der Waals surface area (Å²) in [7, 11) is 1.96. The van der Waals surface area contributed by atoms with Crippen LogP contribution in [0.2, 0.25) is 5.02 Å². The number of likely N-dealkylation sites (N-methyl/N-ethyl adjacent to an activating group) is 1. The van der Waals surface area contributed by atoms with Gasteiger partial charge in [0, 0.05) is 6.04 Å². The van der Waals surface area contributed by atoms with E-state index in [0.29, 0.717) is 6.04 Å². The number of hydrogen-bond acceptors (Lipinski definition) is 1. The van der Waals surface area contributed by atoms with Gasteiger partial charge in [-0.25, -0.2) is 4.39 Å². The number of aryl methyl sites for hydroxylation is 2. The topological polar surface area (TPSA) is 12.0 Å². The maximum absolute atomic E-state index is 13.2. The molecule has 0 saturated heterocycles. The van der Waals surface area contributed by atoms with Crippen LogP contribution in [0.1, 0.15) is 23.1 Å². The molecule has 2 aromatic rings. The molecule has 1 nitrogen and oxygen atoms in total. The largest absolute Gasteiger partial charge is 0.317 e. The molecule has 1 atom stereocenters. The number of nitrogens with one attached hydrogen (secondary N) is 1. The lowest BCUT2D eigenvalue weighted by molar-refractivity contribution is 0.519. The van der Waals surface area contributed by atoms with Crippen molar-refractivity contribution in [1.82, 2.24) is 5.32 Å². The summed E-state index contributed by atoms with van der Waals surface area (Å²) in [6.07, 6.45) is 2.92. The first-order valence-corrected chi connectivity index (χ1v) is 7.63. The normalized spacial score (nSPS) is 12.4. The maximum atomic E-state index is 13.2. The fraction of sp³-hybridized carbons (Fsp3) is 0.333. The minimum absolute atomic E-state index is 0.195. The molecule has 1 N–H and O–H groups in total. The van der Waals surface area contributed by atoms with E-state index >= 15 is 0 Å². The summed E-state index contributed by atoms with van der Waals surface area (Å²) in [5.41, 5.74) is 3.70. The molecule has 112 valence electrons. The van der Waals surface area contributed by atoms with E-state index in [-0.39, 0.29) is 10.8 Å². The summed E-state index contributed by atoms with van der Waals surface area (Å²) >= 11 is 5.84. The third-order valence-corrected chi connectivity index (χ3v) is 4.03. The molecule has 0 amide bonds. The third kappa shape index (κ3) is 4.83. The van der Waals surface area contributed by atoms with E-state index in [2.05, 4.69) is 36.5 Å². The van der Waals surface area contributed by atoms with Crippen molar-refractivity contribution in [3.05, 3.63) is 70.0 Å². The Hall–Kier alpha value is -1.38. The average Bonchev–Trinajstić information content (AvgIpc) is 2.47. The van der Waals surface area contributed by atoms with Gasteiger partial charge >= 0.3 is 0 Å². The first-order chi connectivity index (χ1) is 10.1. The second-order valence-corrected chi connectivity index (χ2v) is 5.87. The van der Waals surface area contributed by atoms with Gasteiger partial charge in [0.25, 0.3) is 0 Å². The fourth-order valence-electron chi connectivity index (χ4n) is 2.51. The predicted octanol–water partition coefficient (Wildman–Crippen LogP) is 4.55. The number of benzene rings is 2. The summed E-state index contributed by atoms with van der Waals surface area (Å²) in [4.78, 5) is 0. The first-order valence-electron chi connectivity index (χ1n) is 7.25. The lowest BCUT2D eigenvalue weighted by atomic mass is 9.98. The Balaban J connectivity index is 1.95. The number of hydrogen-bond donors (Lipinski definition) is 1. The quantitative estimate of drug-likeness (QED) is 0.825. The SMILES string of the molecule is CNC(CCc1cccc(C)c1)Cc1ccc(F)c(Cl)c1. The summed E-state index contributed by atoms with van der Waals surface area (Å²) in [6, 6.07) is 13.9. The van der Waals surface area contributed by atoms with Crippen LogP contribution in [-0.2, 0) is 12.8 Å². The van der Waals surface area contributed by atoms with Crippen molar-refractivity contribution in [2.75, 3.05) is 7.05 Å². The van der Waals surface area contributed by atoms with Crippen molar-refractivity contribution in [3.8, 4) is 0 Å². The van der Waals surface area contributed by atoms with E-state index in [1.165, 1.54) is 17.2 Å². The highest BCUT2D eigenvalue weighted by atomic mass is 35.5. The summed E-state index contributed by atoms with van der Waals surface area (Å²) in [6.45, 7) is 2.11. The van der Waals surface area contributed by atoms with Gasteiger partial charge in [0.15, 0.2) is 0 Å². The molecule has 0 saturated carbocycles. The molecule has 0 aromatic heterocycles. The molecular weight excluding hydrogens is 285 g/mol. The van der Waals surface area contributed by atoms with E-state index < -0.39 is 0 Å². The molecule has 21 heavy (non-hydrogen) atoms. The van der Waals surface area contributed by atoms with E-state index in [1.807, 2.05) is 7.05 Å². The first kappa shape index (κ1) is 16.0. The third-order valence-electron chi connectivity index (χ3n) is 3.74. The van der Waals surface area contributed by atoms with E-state index in [9.17, 15) is 4.39 Å². The van der Waals surface area contributed by atoms with Crippen molar-refractivity contribution >= 4 is 11.6 Å². The molecule has 1 unspecified atom stereocenters. The molecule has 2 aromatic carbocycles. The molecule has 0 aliphatic rings. The molecule has 3 heteroatoms. The number of rotatable bonds is 6. The van der Waals surface area contributed by atoms with Gasteiger partial charge in [-0.15, -0.1) is 0 Å². The standard InChI is InChI=1S/C18H21ClFN/c1-13-4-3-5-14(10-13)6-8-16(21-2)11-15-7-9-18(20)17(19)12-15/h3-5,7,9-10,12,16,21H,6,8,11H2,1-2H3. The Morgan fingerprint density at radius 1 is 1.14 bits per heavy atom. The Morgan fingerprint density at radius 2 is 1.95 bits per heavy atom. The van der Waals surface area contributed by atoms with Gasteiger partial charge in [-0.05, 0) is 56.5 Å². The van der Waals surface area contributed by atoms with Gasteiger partial charge in [-0.2, -0.15) is 0 Å². The van der Waals surface area contributed by atoms with Crippen LogP contribution in [0.25, 0.3) is 0 Å². The predicted molar refractivity (Wildman–Crippen MR) is 87.5 cm³/mol. The van der Waals surface area contributed by atoms with Gasteiger partial charge in [0.05, 0.1) is 5.02 Å². The zero-order valence-corrected chi connectivity index (χ0v) is 13.3. The average molecular weight is 306 g/mol. The second-order valence-electron chi connectivity index (χ2n) is 5.47. The van der Waals surface area contributed by atoms with E-state index in [4.69, 9.17) is 11.6 Å². The minimum Gasteiger partial charge on any atom is -0.317 e. The fourth-order valence-corrected chi connectivity index (χ4v) is 2.71. The Morgan fingerprint density at radius 3 is 2.62 bits per heavy atom. The van der Waals surface area contributed by atoms with Crippen molar-refractivity contribution in [1.29, 1.82) is 0 Å². The Kier molecular flexibility index (Phi) is 5.77. The smallest absolute Gasteiger partial charge is 0.141 e. The molecule has 0 bridgehead atoms. The van der Waals surface area contributed by atoms with Crippen LogP contribution in [0.3, 0.4) is 0 Å². The van der Waals surface area contributed by atoms with Crippen LogP contribution in [0.5, 0.6) is 0 Å². The molecule has 2 rings (SSSR count). The van der Waals surface area contributed by atoms with E-state index in [1.54, 1.807) is 12.1 Å². The second kappa shape index (κ2) is 7.58. The monoisotopic (exact) mass is 305 g/mol. The van der Waals surface area contributed by atoms with Crippen LogP contribution in [0.4, 0.5) is 4.39 Å². The van der Waals surface area contributed by atoms with Crippen molar-refractivity contribution in [2.45, 2.75) is 32.2 Å². The highest BCUT2D eigenvalue weighted by Crippen LogP contribution is 2.18. The molecule has 0 aliphatic heterocycles. The van der Waals surface area contributed by atoms with Gasteiger partial charge in [-0.3, -0.25) is 0 Å². The number of halogens is 2. The lowest BCUT2D eigenvalue weighted by Gasteiger charge is -2.16. The highest BCUT2D eigenvalue weighted by molar-refractivity contribution is 6.30. The van der Waals surface area contributed by atoms with Crippen LogP contribution in [-0.4, -0.2) is 13.1 Å². The molecule has 0 spiro atoms. The molecule has 0 heterocycles. The Labute approximate surface area is 131 Å². The summed E-state index contributed by atoms with van der Waals surface area (Å²) in [5.74, 6) is -0.360. The Bertz CT molecular complexity index is 598. The molecule has 0 aliphatic carbocycles. The molecule has 0 radical (unpaired) electrons. The molecule has 0 fully saturated rings. The van der Waals surface area contributed by atoms with Gasteiger partial charge in [0.2, 0.25) is 0 Å². The summed E-state index contributed by atoms with van der Waals surface area (Å²) in [5, 5.41) is 3.53. The van der Waals surface area contributed by atoms with Crippen LogP contribution in [0.15, 0.2) is 42.5 Å². The van der Waals surface area contributed by atoms with Crippen molar-refractivity contribution in [2.24, 2.45) is 0 Å². The maximum Gasteiger partial charge on any atom is 0.141 e. The zero-order chi connectivity index (χ0) is 15.2. The van der Waals surface area contributed by atoms with Gasteiger partial charge in [0.1, 0.15) is 5.82 Å².